The van der Waals surface area contributed by atoms with E-state index >= 15 is 0 Å². The number of nitrogens with one attached hydrogen (secondary N) is 1. The van der Waals surface area contributed by atoms with Crippen LogP contribution in [-0.4, -0.2) is 26.8 Å². The maximum atomic E-state index is 12.1. The number of anilines is 1. The third-order valence-electron chi connectivity index (χ3n) is 3.32. The average molecular weight is 254 g/mol. The zero-order valence-corrected chi connectivity index (χ0v) is 11.0. The number of benzene rings is 1. The van der Waals surface area contributed by atoms with Gasteiger partial charge >= 0.3 is 0 Å². The van der Waals surface area contributed by atoms with Gasteiger partial charge in [0.15, 0.2) is 9.84 Å². The average Bonchev–Trinajstić information content (AvgIpc) is 2.23. The smallest absolute Gasteiger partial charge is 0.182 e. The largest absolute Gasteiger partial charge is 0.380 e. The Morgan fingerprint density at radius 1 is 1.41 bits per heavy atom. The highest BCUT2D eigenvalue weighted by Crippen LogP contribution is 2.33. The van der Waals surface area contributed by atoms with Crippen molar-refractivity contribution < 1.29 is 8.42 Å². The first-order chi connectivity index (χ1) is 7.95. The first-order valence-corrected chi connectivity index (χ1v) is 7.40. The summed E-state index contributed by atoms with van der Waals surface area (Å²) in [7, 11) is -3.17. The summed E-state index contributed by atoms with van der Waals surface area (Å²) >= 11 is 0. The Bertz CT molecular complexity index is 538. The molecule has 0 spiro atoms. The molecule has 0 bridgehead atoms. The highest BCUT2D eigenvalue weighted by Gasteiger charge is 2.30. The molecule has 1 unspecified atom stereocenters. The predicted molar refractivity (Wildman–Crippen MR) is 69.1 cm³/mol. The Labute approximate surface area is 102 Å². The van der Waals surface area contributed by atoms with Crippen molar-refractivity contribution in [2.24, 2.45) is 5.73 Å². The molecule has 1 aliphatic rings. The van der Waals surface area contributed by atoms with Crippen molar-refractivity contribution in [3.05, 3.63) is 23.3 Å². The van der Waals surface area contributed by atoms with Crippen molar-refractivity contribution in [1.29, 1.82) is 0 Å². The highest BCUT2D eigenvalue weighted by atomic mass is 32.2. The van der Waals surface area contributed by atoms with E-state index in [0.717, 1.165) is 16.8 Å². The van der Waals surface area contributed by atoms with Crippen molar-refractivity contribution in [2.45, 2.75) is 31.2 Å². The SMILES string of the molecule is Cc1ccc2c(c1C)NC(CCN)CS2(=O)=O. The molecule has 0 aliphatic carbocycles. The van der Waals surface area contributed by atoms with E-state index in [0.29, 0.717) is 17.9 Å². The van der Waals surface area contributed by atoms with Crippen molar-refractivity contribution in [3.8, 4) is 0 Å². The highest BCUT2D eigenvalue weighted by molar-refractivity contribution is 7.91. The fourth-order valence-electron chi connectivity index (χ4n) is 2.19. The van der Waals surface area contributed by atoms with Crippen LogP contribution in [-0.2, 0) is 9.84 Å². The zero-order chi connectivity index (χ0) is 12.6. The molecule has 17 heavy (non-hydrogen) atoms. The van der Waals surface area contributed by atoms with Gasteiger partial charge in [0.25, 0.3) is 0 Å². The molecule has 3 N–H and O–H groups in total. The quantitative estimate of drug-likeness (QED) is 0.832. The van der Waals surface area contributed by atoms with Gasteiger partial charge in [0, 0.05) is 6.04 Å². The molecular weight excluding hydrogens is 236 g/mol. The Kier molecular flexibility index (Phi) is 3.14. The monoisotopic (exact) mass is 254 g/mol. The molecule has 1 aromatic carbocycles. The van der Waals surface area contributed by atoms with E-state index in [1.165, 1.54) is 0 Å². The first kappa shape index (κ1) is 12.4. The zero-order valence-electron chi connectivity index (χ0n) is 10.2. The molecule has 94 valence electrons. The Morgan fingerprint density at radius 2 is 2.12 bits per heavy atom. The maximum absolute atomic E-state index is 12.1. The number of rotatable bonds is 2. The van der Waals surface area contributed by atoms with Gasteiger partial charge < -0.3 is 11.1 Å². The summed E-state index contributed by atoms with van der Waals surface area (Å²) in [5.74, 6) is 0.139. The molecule has 0 radical (unpaired) electrons. The van der Waals surface area contributed by atoms with Crippen molar-refractivity contribution in [3.63, 3.8) is 0 Å². The van der Waals surface area contributed by atoms with Crippen LogP contribution in [0.2, 0.25) is 0 Å². The molecule has 1 aliphatic heterocycles. The standard InChI is InChI=1S/C12H18N2O2S/c1-8-3-4-11-12(9(8)2)14-10(5-6-13)7-17(11,15)16/h3-4,10,14H,5-7,13H2,1-2H3. The van der Waals surface area contributed by atoms with Crippen LogP contribution < -0.4 is 11.1 Å². The van der Waals surface area contributed by atoms with Gasteiger partial charge in [-0.3, -0.25) is 0 Å². The molecule has 0 fully saturated rings. The second-order valence-electron chi connectivity index (χ2n) is 4.58. The van der Waals surface area contributed by atoms with Crippen LogP contribution in [0, 0.1) is 13.8 Å². The van der Waals surface area contributed by atoms with Gasteiger partial charge in [0.2, 0.25) is 0 Å². The van der Waals surface area contributed by atoms with Crippen LogP contribution in [0.15, 0.2) is 17.0 Å². The number of hydrogen-bond acceptors (Lipinski definition) is 4. The van der Waals surface area contributed by atoms with Crippen LogP contribution in [0.25, 0.3) is 0 Å². The Hall–Kier alpha value is -1.07. The van der Waals surface area contributed by atoms with Crippen LogP contribution in [0.1, 0.15) is 17.5 Å². The van der Waals surface area contributed by atoms with Crippen LogP contribution in [0.5, 0.6) is 0 Å². The Morgan fingerprint density at radius 3 is 2.76 bits per heavy atom. The third-order valence-corrected chi connectivity index (χ3v) is 5.17. The van der Waals surface area contributed by atoms with E-state index in [-0.39, 0.29) is 11.8 Å². The lowest BCUT2D eigenvalue weighted by molar-refractivity contribution is 0.580. The normalized spacial score (nSPS) is 21.7. The molecule has 1 heterocycles. The molecule has 0 saturated heterocycles. The molecule has 0 amide bonds. The number of aryl methyl sites for hydroxylation is 1. The van der Waals surface area contributed by atoms with Crippen LogP contribution >= 0.6 is 0 Å². The molecule has 0 saturated carbocycles. The molecule has 1 aromatic rings. The lowest BCUT2D eigenvalue weighted by Crippen LogP contribution is -2.36. The maximum Gasteiger partial charge on any atom is 0.182 e. The van der Waals surface area contributed by atoms with Gasteiger partial charge in [-0.25, -0.2) is 8.42 Å². The molecule has 4 nitrogen and oxygen atoms in total. The third kappa shape index (κ3) is 2.17. The van der Waals surface area contributed by atoms with Gasteiger partial charge in [-0.2, -0.15) is 0 Å². The minimum absolute atomic E-state index is 0.0713. The second kappa shape index (κ2) is 4.31. The fourth-order valence-corrected chi connectivity index (χ4v) is 3.94. The molecular formula is C12H18N2O2S. The van der Waals surface area contributed by atoms with E-state index in [2.05, 4.69) is 5.32 Å². The fraction of sp³-hybridized carbons (Fsp3) is 0.500. The number of hydrogen-bond donors (Lipinski definition) is 2. The van der Waals surface area contributed by atoms with Gasteiger partial charge in [-0.05, 0) is 44.0 Å². The lowest BCUT2D eigenvalue weighted by Gasteiger charge is -2.28. The summed E-state index contributed by atoms with van der Waals surface area (Å²) in [6.45, 7) is 4.42. The van der Waals surface area contributed by atoms with E-state index in [1.54, 1.807) is 6.07 Å². The van der Waals surface area contributed by atoms with Gasteiger partial charge in [0.05, 0.1) is 16.3 Å². The van der Waals surface area contributed by atoms with Crippen molar-refractivity contribution in [2.75, 3.05) is 17.6 Å². The van der Waals surface area contributed by atoms with Gasteiger partial charge in [0.1, 0.15) is 0 Å². The minimum atomic E-state index is -3.17. The summed E-state index contributed by atoms with van der Waals surface area (Å²) in [6.07, 6.45) is 0.673. The molecule has 2 rings (SSSR count). The van der Waals surface area contributed by atoms with E-state index < -0.39 is 9.84 Å². The summed E-state index contributed by atoms with van der Waals surface area (Å²) in [5.41, 5.74) is 8.36. The van der Waals surface area contributed by atoms with Crippen LogP contribution in [0.4, 0.5) is 5.69 Å². The Balaban J connectivity index is 2.53. The van der Waals surface area contributed by atoms with Crippen LogP contribution in [0.3, 0.4) is 0 Å². The van der Waals surface area contributed by atoms with E-state index in [9.17, 15) is 8.42 Å². The van der Waals surface area contributed by atoms with Gasteiger partial charge in [-0.1, -0.05) is 6.07 Å². The van der Waals surface area contributed by atoms with Crippen molar-refractivity contribution in [1.82, 2.24) is 0 Å². The summed E-state index contributed by atoms with van der Waals surface area (Å²) < 4.78 is 24.3. The molecule has 5 heteroatoms. The minimum Gasteiger partial charge on any atom is -0.380 e. The van der Waals surface area contributed by atoms with E-state index in [1.807, 2.05) is 19.9 Å². The number of nitrogens with two attached hydrogens (primary N) is 1. The lowest BCUT2D eigenvalue weighted by atomic mass is 10.1. The van der Waals surface area contributed by atoms with Crippen molar-refractivity contribution >= 4 is 15.5 Å². The number of sulfone groups is 1. The molecule has 0 aromatic heterocycles. The summed E-state index contributed by atoms with van der Waals surface area (Å²) in [6, 6.07) is 3.48. The molecule has 1 atom stereocenters. The summed E-state index contributed by atoms with van der Waals surface area (Å²) in [4.78, 5) is 0.425. The second-order valence-corrected chi connectivity index (χ2v) is 6.58. The van der Waals surface area contributed by atoms with Gasteiger partial charge in [-0.15, -0.1) is 0 Å². The van der Waals surface area contributed by atoms with E-state index in [4.69, 9.17) is 5.73 Å². The topological polar surface area (TPSA) is 72.2 Å². The predicted octanol–water partition coefficient (Wildman–Crippen LogP) is 1.22. The first-order valence-electron chi connectivity index (χ1n) is 5.75. The number of fused-ring (bicyclic) bond motifs is 1. The summed E-state index contributed by atoms with van der Waals surface area (Å²) in [5, 5.41) is 3.30.